The van der Waals surface area contributed by atoms with Gasteiger partial charge in [0.05, 0.1) is 12.1 Å². The van der Waals surface area contributed by atoms with Gasteiger partial charge < -0.3 is 9.84 Å². The molecule has 0 saturated heterocycles. The Morgan fingerprint density at radius 2 is 1.84 bits per heavy atom. The minimum Gasteiger partial charge on any atom is -0.387 e. The Morgan fingerprint density at radius 1 is 1.23 bits per heavy atom. The molecule has 0 fully saturated rings. The van der Waals surface area contributed by atoms with E-state index in [0.29, 0.717) is 22.4 Å². The average Bonchev–Trinajstić information content (AvgIpc) is 2.68. The van der Waals surface area contributed by atoms with Gasteiger partial charge in [-0.15, -0.1) is 0 Å². The summed E-state index contributed by atoms with van der Waals surface area (Å²) >= 11 is 0. The molecule has 0 aliphatic heterocycles. The van der Waals surface area contributed by atoms with Crippen LogP contribution < -0.4 is 0 Å². The first-order valence-corrected chi connectivity index (χ1v) is 11.1. The smallest absolute Gasteiger partial charge is 0.387 e. The lowest BCUT2D eigenvalue weighted by atomic mass is 9.88. The van der Waals surface area contributed by atoms with E-state index >= 15 is 0 Å². The Morgan fingerprint density at radius 3 is 2.32 bits per heavy atom. The van der Waals surface area contributed by atoms with Crippen LogP contribution in [0.5, 0.6) is 0 Å². The molecule has 1 aromatic heterocycles. The fourth-order valence-electron chi connectivity index (χ4n) is 3.35. The number of hydrogen-bond donors (Lipinski definition) is 2. The highest BCUT2D eigenvalue weighted by Crippen LogP contribution is 2.48. The summed E-state index contributed by atoms with van der Waals surface area (Å²) in [5.41, 5.74) is 1.44. The molecular weight excluding hydrogens is 420 g/mol. The minimum absolute atomic E-state index is 0.0580. The molecular formula is C23H26FNO5P+. The van der Waals surface area contributed by atoms with Gasteiger partial charge in [-0.05, 0) is 45.7 Å². The number of hydrogen-bond acceptors (Lipinski definition) is 5. The summed E-state index contributed by atoms with van der Waals surface area (Å²) in [6.45, 7) is 7.69. The third-order valence-electron chi connectivity index (χ3n) is 4.85. The number of rotatable bonds is 8. The SMILES string of the molecule is C#COC(=O)CC(O)C(c1c(-c2ccc(F)cc2)cc(C(C)C)nc1C(C)C)[P+](=O)O. The topological polar surface area (TPSA) is 96.7 Å². The summed E-state index contributed by atoms with van der Waals surface area (Å²) in [4.78, 5) is 26.7. The lowest BCUT2D eigenvalue weighted by molar-refractivity contribution is -0.139. The maximum absolute atomic E-state index is 13.5. The molecule has 2 rings (SSSR count). The van der Waals surface area contributed by atoms with Crippen LogP contribution in [0.1, 0.15) is 68.6 Å². The molecule has 0 spiro atoms. The Kier molecular flexibility index (Phi) is 8.41. The number of aromatic nitrogens is 1. The number of carbonyl (C=O) groups excluding carboxylic acids is 1. The highest BCUT2D eigenvalue weighted by atomic mass is 31.1. The van der Waals surface area contributed by atoms with Gasteiger partial charge >= 0.3 is 14.0 Å². The molecule has 0 bridgehead atoms. The molecule has 0 saturated carbocycles. The van der Waals surface area contributed by atoms with Crippen molar-refractivity contribution in [3.8, 4) is 23.7 Å². The summed E-state index contributed by atoms with van der Waals surface area (Å²) in [5, 5.41) is 10.7. The molecule has 0 amide bonds. The molecule has 2 N–H and O–H groups in total. The van der Waals surface area contributed by atoms with Gasteiger partial charge in [0.1, 0.15) is 18.0 Å². The van der Waals surface area contributed by atoms with E-state index in [1.165, 1.54) is 12.1 Å². The highest BCUT2D eigenvalue weighted by molar-refractivity contribution is 7.38. The molecule has 3 atom stereocenters. The van der Waals surface area contributed by atoms with Gasteiger partial charge in [0.15, 0.2) is 0 Å². The van der Waals surface area contributed by atoms with E-state index in [0.717, 1.165) is 5.69 Å². The second-order valence-corrected chi connectivity index (χ2v) is 8.98. The van der Waals surface area contributed by atoms with Crippen LogP contribution in [0.3, 0.4) is 0 Å². The molecule has 1 heterocycles. The van der Waals surface area contributed by atoms with Crippen LogP contribution in [0, 0.1) is 18.3 Å². The number of terminal acetylenes is 1. The molecule has 31 heavy (non-hydrogen) atoms. The van der Waals surface area contributed by atoms with E-state index in [1.54, 1.807) is 24.3 Å². The van der Waals surface area contributed by atoms with Gasteiger partial charge in [-0.2, -0.15) is 4.89 Å². The highest BCUT2D eigenvalue weighted by Gasteiger charge is 2.44. The number of aliphatic hydroxyl groups excluding tert-OH is 1. The van der Waals surface area contributed by atoms with Gasteiger partial charge in [0, 0.05) is 11.3 Å². The predicted molar refractivity (Wildman–Crippen MR) is 116 cm³/mol. The van der Waals surface area contributed by atoms with Crippen LogP contribution in [0.25, 0.3) is 11.1 Å². The normalized spacial score (nSPS) is 13.6. The molecule has 0 radical (unpaired) electrons. The summed E-state index contributed by atoms with van der Waals surface area (Å²) < 4.78 is 30.4. The van der Waals surface area contributed by atoms with E-state index in [9.17, 15) is 23.7 Å². The Balaban J connectivity index is 2.79. The van der Waals surface area contributed by atoms with Crippen molar-refractivity contribution in [2.45, 2.75) is 57.7 Å². The van der Waals surface area contributed by atoms with Crippen LogP contribution in [-0.4, -0.2) is 27.1 Å². The number of esters is 1. The summed E-state index contributed by atoms with van der Waals surface area (Å²) in [7, 11) is -2.97. The van der Waals surface area contributed by atoms with Crippen molar-refractivity contribution in [3.05, 3.63) is 53.1 Å². The minimum atomic E-state index is -2.97. The fourth-order valence-corrected chi connectivity index (χ4v) is 4.24. The Hall–Kier alpha value is -2.65. The van der Waals surface area contributed by atoms with Crippen molar-refractivity contribution in [3.63, 3.8) is 0 Å². The molecule has 2 aromatic rings. The quantitative estimate of drug-likeness (QED) is 0.344. The number of ether oxygens (including phenoxy) is 1. The molecule has 8 heteroatoms. The van der Waals surface area contributed by atoms with Crippen LogP contribution in [-0.2, 0) is 14.1 Å². The second kappa shape index (κ2) is 10.6. The zero-order chi connectivity index (χ0) is 23.3. The molecule has 0 aliphatic rings. The number of carbonyl (C=O) groups is 1. The van der Waals surface area contributed by atoms with Crippen molar-refractivity contribution >= 4 is 14.0 Å². The number of pyridine rings is 1. The first-order chi connectivity index (χ1) is 14.6. The molecule has 164 valence electrons. The number of halogens is 1. The molecule has 1 aromatic carbocycles. The third-order valence-corrected chi connectivity index (χ3v) is 5.93. The van der Waals surface area contributed by atoms with Crippen molar-refractivity contribution < 1.29 is 28.5 Å². The summed E-state index contributed by atoms with van der Waals surface area (Å²) in [5.74, 6) is -1.41. The maximum Gasteiger partial charge on any atom is 0.516 e. The number of benzene rings is 1. The van der Waals surface area contributed by atoms with Crippen molar-refractivity contribution in [1.29, 1.82) is 0 Å². The van der Waals surface area contributed by atoms with E-state index in [-0.39, 0.29) is 11.8 Å². The third kappa shape index (κ3) is 5.95. The van der Waals surface area contributed by atoms with E-state index in [1.807, 2.05) is 27.7 Å². The van der Waals surface area contributed by atoms with Crippen LogP contribution >= 0.6 is 8.03 Å². The first kappa shape index (κ1) is 24.6. The molecule has 6 nitrogen and oxygen atoms in total. The fraction of sp³-hybridized carbons (Fsp3) is 0.391. The number of nitrogens with zero attached hydrogens (tertiary/aromatic N) is 1. The standard InChI is InChI=1S/C23H25FNO5P/c1-6-30-20(27)12-19(26)23(31(28)29)21-17(15-7-9-16(24)10-8-15)11-18(13(2)3)25-22(21)14(4)5/h1,7-11,13-14,19,23,26H,12H2,2-5H3/p+1. The van der Waals surface area contributed by atoms with Gasteiger partial charge in [-0.25, -0.2) is 4.39 Å². The predicted octanol–water partition coefficient (Wildman–Crippen LogP) is 4.80. The molecule has 0 aliphatic carbocycles. The van der Waals surface area contributed by atoms with Crippen LogP contribution in [0.15, 0.2) is 30.3 Å². The molecule has 3 unspecified atom stereocenters. The van der Waals surface area contributed by atoms with Gasteiger partial charge in [-0.3, -0.25) is 9.78 Å². The van der Waals surface area contributed by atoms with Crippen LogP contribution in [0.2, 0.25) is 0 Å². The average molecular weight is 446 g/mol. The largest absolute Gasteiger partial charge is 0.516 e. The van der Waals surface area contributed by atoms with E-state index in [2.05, 4.69) is 4.74 Å². The number of aliphatic hydroxyl groups is 1. The van der Waals surface area contributed by atoms with Crippen molar-refractivity contribution in [2.75, 3.05) is 0 Å². The second-order valence-electron chi connectivity index (χ2n) is 7.82. The monoisotopic (exact) mass is 446 g/mol. The van der Waals surface area contributed by atoms with Gasteiger partial charge in [0.25, 0.3) is 0 Å². The van der Waals surface area contributed by atoms with Gasteiger partial charge in [-0.1, -0.05) is 46.3 Å². The summed E-state index contributed by atoms with van der Waals surface area (Å²) in [6, 6.07) is 7.47. The van der Waals surface area contributed by atoms with Crippen LogP contribution in [0.4, 0.5) is 4.39 Å². The first-order valence-electron chi connectivity index (χ1n) is 9.86. The van der Waals surface area contributed by atoms with E-state index < -0.39 is 38.0 Å². The summed E-state index contributed by atoms with van der Waals surface area (Å²) in [6.07, 6.45) is 4.57. The lowest BCUT2D eigenvalue weighted by Gasteiger charge is -2.23. The van der Waals surface area contributed by atoms with E-state index in [4.69, 9.17) is 11.4 Å². The zero-order valence-electron chi connectivity index (χ0n) is 17.9. The zero-order valence-corrected chi connectivity index (χ0v) is 18.8. The lowest BCUT2D eigenvalue weighted by Crippen LogP contribution is -2.23. The van der Waals surface area contributed by atoms with Crippen molar-refractivity contribution in [1.82, 2.24) is 4.98 Å². The van der Waals surface area contributed by atoms with Gasteiger partial charge in [0.2, 0.25) is 5.66 Å². The Labute approximate surface area is 182 Å². The Bertz CT molecular complexity index is 998. The maximum atomic E-state index is 13.5. The van der Waals surface area contributed by atoms with Crippen molar-refractivity contribution in [2.24, 2.45) is 0 Å².